The van der Waals surface area contributed by atoms with E-state index in [-0.39, 0.29) is 17.3 Å². The van der Waals surface area contributed by atoms with E-state index in [1.54, 1.807) is 12.1 Å². The third-order valence-corrected chi connectivity index (χ3v) is 4.84. The molecular formula is C23H18N2O4. The lowest BCUT2D eigenvalue weighted by Crippen LogP contribution is -2.29. The molecule has 0 spiro atoms. The van der Waals surface area contributed by atoms with Crippen molar-refractivity contribution in [3.63, 3.8) is 0 Å². The van der Waals surface area contributed by atoms with E-state index in [4.69, 9.17) is 4.42 Å². The molecule has 3 aromatic carbocycles. The number of nitrogens with zero attached hydrogens (tertiary/aromatic N) is 1. The Kier molecular flexibility index (Phi) is 4.83. The Morgan fingerprint density at radius 1 is 0.897 bits per heavy atom. The second-order valence-corrected chi connectivity index (χ2v) is 6.67. The highest BCUT2D eigenvalue weighted by Crippen LogP contribution is 2.22. The first-order valence-electron chi connectivity index (χ1n) is 9.09. The highest BCUT2D eigenvalue weighted by Gasteiger charge is 2.18. The van der Waals surface area contributed by atoms with Gasteiger partial charge < -0.3 is 9.73 Å². The van der Waals surface area contributed by atoms with Crippen LogP contribution in [-0.4, -0.2) is 10.5 Å². The van der Waals surface area contributed by atoms with E-state index in [0.717, 1.165) is 11.1 Å². The topological polar surface area (TPSA) is 81.3 Å². The summed E-state index contributed by atoms with van der Waals surface area (Å²) in [7, 11) is 1.51. The monoisotopic (exact) mass is 386 g/mol. The lowest BCUT2D eigenvalue weighted by molar-refractivity contribution is 0.0943. The number of amides is 1. The Labute approximate surface area is 166 Å². The molecule has 0 radical (unpaired) electrons. The molecule has 0 saturated heterocycles. The van der Waals surface area contributed by atoms with Gasteiger partial charge in [-0.05, 0) is 29.3 Å². The van der Waals surface area contributed by atoms with E-state index in [1.165, 1.54) is 17.7 Å². The predicted molar refractivity (Wildman–Crippen MR) is 110 cm³/mol. The van der Waals surface area contributed by atoms with Gasteiger partial charge in [0, 0.05) is 12.6 Å². The second-order valence-electron chi connectivity index (χ2n) is 6.67. The highest BCUT2D eigenvalue weighted by atomic mass is 16.4. The van der Waals surface area contributed by atoms with Crippen LogP contribution in [0.1, 0.15) is 27.5 Å². The van der Waals surface area contributed by atoms with Crippen molar-refractivity contribution in [3.05, 3.63) is 117 Å². The van der Waals surface area contributed by atoms with Crippen molar-refractivity contribution in [1.82, 2.24) is 9.88 Å². The van der Waals surface area contributed by atoms with Gasteiger partial charge in [0.15, 0.2) is 0 Å². The molecule has 0 bridgehead atoms. The average Bonchev–Trinajstić information content (AvgIpc) is 2.76. The second kappa shape index (κ2) is 7.59. The van der Waals surface area contributed by atoms with Gasteiger partial charge in [-0.1, -0.05) is 60.7 Å². The molecule has 29 heavy (non-hydrogen) atoms. The van der Waals surface area contributed by atoms with Crippen molar-refractivity contribution < 1.29 is 9.21 Å². The lowest BCUT2D eigenvalue weighted by atomic mass is 9.98. The van der Waals surface area contributed by atoms with Gasteiger partial charge in [0.05, 0.1) is 16.9 Å². The number of rotatable bonds is 4. The minimum absolute atomic E-state index is 0.177. The van der Waals surface area contributed by atoms with Crippen molar-refractivity contribution in [2.24, 2.45) is 7.05 Å². The summed E-state index contributed by atoms with van der Waals surface area (Å²) in [4.78, 5) is 36.7. The fraction of sp³-hybridized carbons (Fsp3) is 0.0870. The fourth-order valence-corrected chi connectivity index (χ4v) is 3.30. The van der Waals surface area contributed by atoms with E-state index in [2.05, 4.69) is 5.32 Å². The van der Waals surface area contributed by atoms with E-state index < -0.39 is 11.4 Å². The number of benzene rings is 3. The van der Waals surface area contributed by atoms with Crippen LogP contribution in [0.4, 0.5) is 0 Å². The fourth-order valence-electron chi connectivity index (χ4n) is 3.30. The van der Waals surface area contributed by atoms with Gasteiger partial charge in [-0.25, -0.2) is 9.59 Å². The van der Waals surface area contributed by atoms with Gasteiger partial charge in [0.25, 0.3) is 5.91 Å². The van der Waals surface area contributed by atoms with Gasteiger partial charge in [-0.2, -0.15) is 0 Å². The Bertz CT molecular complexity index is 1250. The highest BCUT2D eigenvalue weighted by molar-refractivity contribution is 5.98. The van der Waals surface area contributed by atoms with Crippen LogP contribution in [0.2, 0.25) is 0 Å². The molecule has 0 atom stereocenters. The molecule has 0 aliphatic heterocycles. The maximum absolute atomic E-state index is 13.0. The third kappa shape index (κ3) is 3.60. The maximum atomic E-state index is 13.0. The standard InChI is InChI=1S/C23H18N2O4/c1-25-19-13-12-17(14-18(19)22(27)29-23(25)28)21(26)24-20(15-8-4-2-5-9-15)16-10-6-3-7-11-16/h2-14,20H,1H3,(H,24,26). The molecule has 144 valence electrons. The number of carbonyl (C=O) groups excluding carboxylic acids is 1. The molecule has 0 unspecified atom stereocenters. The van der Waals surface area contributed by atoms with Crippen LogP contribution < -0.4 is 16.7 Å². The lowest BCUT2D eigenvalue weighted by Gasteiger charge is -2.20. The van der Waals surface area contributed by atoms with Crippen molar-refractivity contribution in [2.45, 2.75) is 6.04 Å². The number of aryl methyl sites for hydroxylation is 1. The van der Waals surface area contributed by atoms with Crippen molar-refractivity contribution in [3.8, 4) is 0 Å². The van der Waals surface area contributed by atoms with Gasteiger partial charge >= 0.3 is 11.4 Å². The molecular weight excluding hydrogens is 368 g/mol. The number of hydrogen-bond acceptors (Lipinski definition) is 4. The van der Waals surface area contributed by atoms with Crippen LogP contribution in [0.15, 0.2) is 92.9 Å². The first kappa shape index (κ1) is 18.4. The summed E-state index contributed by atoms with van der Waals surface area (Å²) in [5, 5.41) is 3.21. The van der Waals surface area contributed by atoms with Gasteiger partial charge in [0.1, 0.15) is 0 Å². The predicted octanol–water partition coefficient (Wildman–Crippen LogP) is 3.01. The number of hydrogen-bond donors (Lipinski definition) is 1. The summed E-state index contributed by atoms with van der Waals surface area (Å²) < 4.78 is 5.93. The number of carbonyl (C=O) groups is 1. The van der Waals surface area contributed by atoms with Crippen molar-refractivity contribution >= 4 is 16.8 Å². The van der Waals surface area contributed by atoms with Gasteiger partial charge in [-0.15, -0.1) is 0 Å². The SMILES string of the molecule is Cn1c(=O)oc(=O)c2cc(C(=O)NC(c3ccccc3)c3ccccc3)ccc21. The third-order valence-electron chi connectivity index (χ3n) is 4.84. The van der Waals surface area contributed by atoms with E-state index >= 15 is 0 Å². The molecule has 0 saturated carbocycles. The summed E-state index contributed by atoms with van der Waals surface area (Å²) >= 11 is 0. The quantitative estimate of drug-likeness (QED) is 0.585. The minimum Gasteiger partial charge on any atom is -0.372 e. The van der Waals surface area contributed by atoms with Crippen LogP contribution in [-0.2, 0) is 7.05 Å². The molecule has 4 rings (SSSR count). The van der Waals surface area contributed by atoms with Crippen LogP contribution in [0.3, 0.4) is 0 Å². The van der Waals surface area contributed by atoms with Crippen molar-refractivity contribution in [1.29, 1.82) is 0 Å². The number of nitrogens with one attached hydrogen (secondary N) is 1. The molecule has 1 N–H and O–H groups in total. The van der Waals surface area contributed by atoms with Crippen LogP contribution in [0, 0.1) is 0 Å². The largest absolute Gasteiger partial charge is 0.422 e. The van der Waals surface area contributed by atoms with Crippen LogP contribution in [0.5, 0.6) is 0 Å². The Morgan fingerprint density at radius 2 is 1.48 bits per heavy atom. The molecule has 4 aromatic rings. The molecule has 6 nitrogen and oxygen atoms in total. The smallest absolute Gasteiger partial charge is 0.372 e. The normalized spacial score (nSPS) is 11.0. The zero-order chi connectivity index (χ0) is 20.4. The number of aromatic nitrogens is 1. The van der Waals surface area contributed by atoms with Crippen molar-refractivity contribution in [2.75, 3.05) is 0 Å². The number of fused-ring (bicyclic) bond motifs is 1. The maximum Gasteiger partial charge on any atom is 0.422 e. The van der Waals surface area contributed by atoms with Crippen LogP contribution in [0.25, 0.3) is 10.9 Å². The molecule has 1 amide bonds. The van der Waals surface area contributed by atoms with Gasteiger partial charge in [-0.3, -0.25) is 9.36 Å². The molecule has 0 aliphatic carbocycles. The Hall–Kier alpha value is -3.93. The molecule has 6 heteroatoms. The van der Waals surface area contributed by atoms with E-state index in [1.807, 2.05) is 60.7 Å². The molecule has 0 fully saturated rings. The zero-order valence-corrected chi connectivity index (χ0v) is 15.7. The summed E-state index contributed by atoms with van der Waals surface area (Å²) in [6, 6.07) is 23.5. The molecule has 1 aromatic heterocycles. The van der Waals surface area contributed by atoms with Gasteiger partial charge in [0.2, 0.25) is 0 Å². The summed E-state index contributed by atoms with van der Waals surface area (Å²) in [5.74, 6) is -1.08. The summed E-state index contributed by atoms with van der Waals surface area (Å²) in [6.07, 6.45) is 0. The van der Waals surface area contributed by atoms with E-state index in [9.17, 15) is 14.4 Å². The average molecular weight is 386 g/mol. The van der Waals surface area contributed by atoms with Crippen LogP contribution >= 0.6 is 0 Å². The summed E-state index contributed by atoms with van der Waals surface area (Å²) in [5.41, 5.74) is 1.83. The Morgan fingerprint density at radius 3 is 2.07 bits per heavy atom. The zero-order valence-electron chi connectivity index (χ0n) is 15.7. The molecule has 1 heterocycles. The Balaban J connectivity index is 1.73. The first-order chi connectivity index (χ1) is 14.0. The van der Waals surface area contributed by atoms with E-state index in [0.29, 0.717) is 11.1 Å². The minimum atomic E-state index is -0.764. The summed E-state index contributed by atoms with van der Waals surface area (Å²) in [6.45, 7) is 0. The first-order valence-corrected chi connectivity index (χ1v) is 9.09. The molecule has 0 aliphatic rings.